The number of ether oxygens (including phenoxy) is 5. The number of methoxy groups -OCH3 is 2. The number of anilines is 1. The molecular formula is C28H29NO8S. The van der Waals surface area contributed by atoms with Gasteiger partial charge in [-0.25, -0.2) is 9.59 Å². The number of hydrogen-bond acceptors (Lipinski definition) is 9. The Balaban J connectivity index is 1.74. The molecule has 0 atom stereocenters. The van der Waals surface area contributed by atoms with Crippen LogP contribution in [0.2, 0.25) is 0 Å². The molecule has 0 saturated heterocycles. The van der Waals surface area contributed by atoms with Crippen molar-refractivity contribution < 1.29 is 38.1 Å². The second-order valence-electron chi connectivity index (χ2n) is 7.71. The highest BCUT2D eigenvalue weighted by Gasteiger charge is 2.27. The first-order valence-corrected chi connectivity index (χ1v) is 12.6. The highest BCUT2D eigenvalue weighted by molar-refractivity contribution is 7.18. The highest BCUT2D eigenvalue weighted by Crippen LogP contribution is 2.34. The van der Waals surface area contributed by atoms with Crippen LogP contribution in [0, 0.1) is 6.92 Å². The van der Waals surface area contributed by atoms with E-state index in [0.29, 0.717) is 28.4 Å². The molecule has 3 rings (SSSR count). The normalized spacial score (nSPS) is 10.6. The van der Waals surface area contributed by atoms with Crippen LogP contribution < -0.4 is 19.5 Å². The number of rotatable bonds is 12. The summed E-state index contributed by atoms with van der Waals surface area (Å²) in [5.41, 5.74) is 1.08. The minimum Gasteiger partial charge on any atom is -0.497 e. The van der Waals surface area contributed by atoms with E-state index in [-0.39, 0.29) is 35.3 Å². The SMILES string of the molecule is CCOC(=O)c1c(NC(=O)/C=C/c2cc(OC)ccc2OC)sc(C(=O)OCCOc2ccccc2)c1C. The van der Waals surface area contributed by atoms with E-state index < -0.39 is 17.8 Å². The van der Waals surface area contributed by atoms with Gasteiger partial charge in [0.05, 0.1) is 26.4 Å². The monoisotopic (exact) mass is 539 g/mol. The number of amides is 1. The molecule has 3 aromatic rings. The molecule has 200 valence electrons. The highest BCUT2D eigenvalue weighted by atomic mass is 32.1. The Hall–Kier alpha value is -4.31. The number of esters is 2. The van der Waals surface area contributed by atoms with Crippen molar-refractivity contribution in [3.8, 4) is 17.2 Å². The lowest BCUT2D eigenvalue weighted by molar-refractivity contribution is -0.111. The third kappa shape index (κ3) is 7.36. The van der Waals surface area contributed by atoms with Crippen molar-refractivity contribution in [1.29, 1.82) is 0 Å². The number of thiophene rings is 1. The standard InChI is InChI=1S/C28H29NO8S/c1-5-35-27(31)24-18(2)25(28(32)37-16-15-36-20-9-7-6-8-10-20)38-26(24)29-23(30)14-11-19-17-21(33-3)12-13-22(19)34-4/h6-14,17H,5,15-16H2,1-4H3,(H,29,30)/b14-11+. The Labute approximate surface area is 224 Å². The fourth-order valence-corrected chi connectivity index (χ4v) is 4.50. The van der Waals surface area contributed by atoms with Crippen molar-refractivity contribution in [1.82, 2.24) is 0 Å². The molecule has 0 aliphatic heterocycles. The molecule has 38 heavy (non-hydrogen) atoms. The van der Waals surface area contributed by atoms with Gasteiger partial charge in [-0.1, -0.05) is 18.2 Å². The van der Waals surface area contributed by atoms with Crippen molar-refractivity contribution >= 4 is 40.3 Å². The lowest BCUT2D eigenvalue weighted by Gasteiger charge is -2.07. The van der Waals surface area contributed by atoms with Gasteiger partial charge in [0, 0.05) is 11.6 Å². The molecule has 1 amide bonds. The third-order valence-electron chi connectivity index (χ3n) is 5.23. The Morgan fingerprint density at radius 2 is 1.68 bits per heavy atom. The maximum Gasteiger partial charge on any atom is 0.348 e. The molecule has 1 heterocycles. The first kappa shape index (κ1) is 28.3. The van der Waals surface area contributed by atoms with Crippen LogP contribution in [-0.4, -0.2) is 51.9 Å². The fraction of sp³-hybridized carbons (Fsp3) is 0.250. The molecule has 0 spiro atoms. The van der Waals surface area contributed by atoms with Crippen LogP contribution in [0.25, 0.3) is 6.08 Å². The molecule has 9 nitrogen and oxygen atoms in total. The summed E-state index contributed by atoms with van der Waals surface area (Å²) in [5, 5.41) is 2.86. The molecule has 0 unspecified atom stereocenters. The van der Waals surface area contributed by atoms with Crippen LogP contribution in [0.4, 0.5) is 5.00 Å². The van der Waals surface area contributed by atoms with E-state index in [9.17, 15) is 14.4 Å². The summed E-state index contributed by atoms with van der Waals surface area (Å²) >= 11 is 0.940. The van der Waals surface area contributed by atoms with Crippen LogP contribution in [0.5, 0.6) is 17.2 Å². The van der Waals surface area contributed by atoms with E-state index >= 15 is 0 Å². The Bertz CT molecular complexity index is 1300. The first-order valence-electron chi connectivity index (χ1n) is 11.7. The van der Waals surface area contributed by atoms with Gasteiger partial charge < -0.3 is 29.0 Å². The molecule has 0 radical (unpaired) electrons. The summed E-state index contributed by atoms with van der Waals surface area (Å²) in [5.74, 6) is 0.00760. The summed E-state index contributed by atoms with van der Waals surface area (Å²) in [7, 11) is 3.06. The zero-order valence-electron chi connectivity index (χ0n) is 21.6. The van der Waals surface area contributed by atoms with Crippen molar-refractivity contribution in [3.63, 3.8) is 0 Å². The van der Waals surface area contributed by atoms with Crippen LogP contribution in [-0.2, 0) is 14.3 Å². The summed E-state index contributed by atoms with van der Waals surface area (Å²) in [6.45, 7) is 3.57. The number of carbonyl (C=O) groups excluding carboxylic acids is 3. The number of carbonyl (C=O) groups is 3. The minimum absolute atomic E-state index is 0.00656. The van der Waals surface area contributed by atoms with Crippen molar-refractivity contribution in [2.75, 3.05) is 39.4 Å². The molecule has 0 aliphatic carbocycles. The molecular weight excluding hydrogens is 510 g/mol. The van der Waals surface area contributed by atoms with Gasteiger partial charge >= 0.3 is 11.9 Å². The minimum atomic E-state index is -0.651. The van der Waals surface area contributed by atoms with E-state index in [1.807, 2.05) is 18.2 Å². The molecule has 0 bridgehead atoms. The molecule has 10 heteroatoms. The zero-order chi connectivity index (χ0) is 27.5. The van der Waals surface area contributed by atoms with Crippen molar-refractivity contribution in [3.05, 3.63) is 76.2 Å². The topological polar surface area (TPSA) is 109 Å². The van der Waals surface area contributed by atoms with Crippen molar-refractivity contribution in [2.45, 2.75) is 13.8 Å². The Morgan fingerprint density at radius 3 is 2.37 bits per heavy atom. The van der Waals surface area contributed by atoms with E-state index in [4.69, 9.17) is 23.7 Å². The molecule has 0 saturated carbocycles. The van der Waals surface area contributed by atoms with E-state index in [1.54, 1.807) is 50.3 Å². The van der Waals surface area contributed by atoms with Gasteiger partial charge in [-0.2, -0.15) is 0 Å². The smallest absolute Gasteiger partial charge is 0.348 e. The van der Waals surface area contributed by atoms with Crippen LogP contribution in [0.3, 0.4) is 0 Å². The average molecular weight is 540 g/mol. The predicted molar refractivity (Wildman–Crippen MR) is 144 cm³/mol. The number of para-hydroxylation sites is 1. The van der Waals surface area contributed by atoms with Crippen LogP contribution in [0.1, 0.15) is 38.1 Å². The summed E-state index contributed by atoms with van der Waals surface area (Å²) < 4.78 is 26.6. The van der Waals surface area contributed by atoms with Gasteiger partial charge in [-0.3, -0.25) is 4.79 Å². The van der Waals surface area contributed by atoms with Gasteiger partial charge in [0.1, 0.15) is 40.3 Å². The second-order valence-corrected chi connectivity index (χ2v) is 8.73. The lowest BCUT2D eigenvalue weighted by atomic mass is 10.1. The molecule has 1 aromatic heterocycles. The van der Waals surface area contributed by atoms with Crippen LogP contribution >= 0.6 is 11.3 Å². The van der Waals surface area contributed by atoms with Crippen molar-refractivity contribution in [2.24, 2.45) is 0 Å². The molecule has 1 N–H and O–H groups in total. The largest absolute Gasteiger partial charge is 0.497 e. The van der Waals surface area contributed by atoms with E-state index in [1.165, 1.54) is 20.3 Å². The van der Waals surface area contributed by atoms with E-state index in [0.717, 1.165) is 11.3 Å². The van der Waals surface area contributed by atoms with Crippen LogP contribution in [0.15, 0.2) is 54.6 Å². The third-order valence-corrected chi connectivity index (χ3v) is 6.42. The Morgan fingerprint density at radius 1 is 0.921 bits per heavy atom. The second kappa shape index (κ2) is 13.8. The molecule has 0 fully saturated rings. The first-order chi connectivity index (χ1) is 18.4. The average Bonchev–Trinajstić information content (AvgIpc) is 3.25. The number of nitrogens with one attached hydrogen (secondary N) is 1. The van der Waals surface area contributed by atoms with Gasteiger partial charge in [-0.05, 0) is 55.8 Å². The van der Waals surface area contributed by atoms with Gasteiger partial charge in [0.2, 0.25) is 5.91 Å². The number of benzene rings is 2. The summed E-state index contributed by atoms with van der Waals surface area (Å²) in [6.07, 6.45) is 2.85. The maximum atomic E-state index is 12.8. The lowest BCUT2D eigenvalue weighted by Crippen LogP contribution is -2.13. The molecule has 0 aliphatic rings. The van der Waals surface area contributed by atoms with Gasteiger partial charge in [0.25, 0.3) is 0 Å². The Kier molecular flexibility index (Phi) is 10.3. The fourth-order valence-electron chi connectivity index (χ4n) is 3.41. The zero-order valence-corrected chi connectivity index (χ0v) is 22.4. The van der Waals surface area contributed by atoms with Gasteiger partial charge in [-0.15, -0.1) is 11.3 Å². The van der Waals surface area contributed by atoms with Gasteiger partial charge in [0.15, 0.2) is 0 Å². The maximum absolute atomic E-state index is 12.8. The summed E-state index contributed by atoms with van der Waals surface area (Å²) in [4.78, 5) is 38.4. The predicted octanol–water partition coefficient (Wildman–Crippen LogP) is 5.14. The molecule has 2 aromatic carbocycles. The van der Waals surface area contributed by atoms with E-state index in [2.05, 4.69) is 5.32 Å². The quantitative estimate of drug-likeness (QED) is 0.192. The number of hydrogen-bond donors (Lipinski definition) is 1. The summed E-state index contributed by atoms with van der Waals surface area (Å²) in [6, 6.07) is 14.3.